The van der Waals surface area contributed by atoms with Gasteiger partial charge in [-0.25, -0.2) is 0 Å². The quantitative estimate of drug-likeness (QED) is 0.364. The number of carbonyl (C=O) groups excluding carboxylic acids is 1. The molecule has 0 aliphatic heterocycles. The molecule has 1 heterocycles. The summed E-state index contributed by atoms with van der Waals surface area (Å²) in [7, 11) is 4.41. The summed E-state index contributed by atoms with van der Waals surface area (Å²) in [6.07, 6.45) is 2.37. The lowest BCUT2D eigenvalue weighted by atomic mass is 10.1. The summed E-state index contributed by atoms with van der Waals surface area (Å²) in [6, 6.07) is 5.46. The number of aromatic nitrogens is 1. The number of methoxy groups -OCH3 is 3. The van der Waals surface area contributed by atoms with E-state index in [2.05, 4.69) is 5.32 Å². The Morgan fingerprint density at radius 2 is 1.76 bits per heavy atom. The van der Waals surface area contributed by atoms with Crippen LogP contribution in [0.25, 0.3) is 0 Å². The van der Waals surface area contributed by atoms with Gasteiger partial charge in [-0.2, -0.15) is 0 Å². The lowest BCUT2D eigenvalue weighted by Crippen LogP contribution is -2.25. The molecule has 0 unspecified atom stereocenters. The van der Waals surface area contributed by atoms with E-state index in [4.69, 9.17) is 14.2 Å². The molecule has 0 aliphatic rings. The fraction of sp³-hybridized carbons (Fsp3) is 0.368. The molecule has 2 aromatic rings. The van der Waals surface area contributed by atoms with E-state index in [0.29, 0.717) is 48.7 Å². The second kappa shape index (κ2) is 10.1. The first kappa shape index (κ1) is 21.7. The molecule has 29 heavy (non-hydrogen) atoms. The normalized spacial score (nSPS) is 10.3. The number of hydrogen-bond donors (Lipinski definition) is 1. The number of hydrogen-bond acceptors (Lipinski definition) is 7. The number of nitrogens with zero attached hydrogens (tertiary/aromatic N) is 2. The minimum atomic E-state index is -0.548. The van der Waals surface area contributed by atoms with Crippen LogP contribution in [0, 0.1) is 10.1 Å². The highest BCUT2D eigenvalue weighted by Gasteiger charge is 2.16. The van der Waals surface area contributed by atoms with Crippen molar-refractivity contribution >= 4 is 11.6 Å². The number of benzene rings is 1. The van der Waals surface area contributed by atoms with Crippen LogP contribution in [0.5, 0.6) is 17.2 Å². The Bertz CT molecular complexity index is 915. The predicted octanol–water partition coefficient (Wildman–Crippen LogP) is 1.99. The molecule has 1 aromatic heterocycles. The molecule has 0 saturated carbocycles. The first-order valence-electron chi connectivity index (χ1n) is 8.84. The number of ether oxygens (including phenoxy) is 3. The molecule has 0 spiro atoms. The Kier molecular flexibility index (Phi) is 7.58. The van der Waals surface area contributed by atoms with E-state index in [0.717, 1.165) is 0 Å². The van der Waals surface area contributed by atoms with Gasteiger partial charge in [0, 0.05) is 30.8 Å². The van der Waals surface area contributed by atoms with Crippen LogP contribution < -0.4 is 25.1 Å². The number of rotatable bonds is 10. The molecule has 1 aromatic carbocycles. The molecule has 2 rings (SSSR count). The van der Waals surface area contributed by atoms with E-state index in [9.17, 15) is 19.7 Å². The van der Waals surface area contributed by atoms with Crippen LogP contribution in [0.2, 0.25) is 0 Å². The van der Waals surface area contributed by atoms with Crippen LogP contribution in [0.15, 0.2) is 35.3 Å². The molecular formula is C19H23N3O7. The summed E-state index contributed by atoms with van der Waals surface area (Å²) >= 11 is 0. The average Bonchev–Trinajstić information content (AvgIpc) is 2.73. The van der Waals surface area contributed by atoms with Gasteiger partial charge in [0.1, 0.15) is 0 Å². The van der Waals surface area contributed by atoms with Crippen LogP contribution in [0.4, 0.5) is 5.69 Å². The summed E-state index contributed by atoms with van der Waals surface area (Å²) in [5, 5.41) is 13.6. The van der Waals surface area contributed by atoms with Gasteiger partial charge < -0.3 is 24.1 Å². The van der Waals surface area contributed by atoms with E-state index in [-0.39, 0.29) is 17.2 Å². The number of aryl methyl sites for hydroxylation is 1. The van der Waals surface area contributed by atoms with Gasteiger partial charge in [-0.1, -0.05) is 0 Å². The minimum Gasteiger partial charge on any atom is -0.493 e. The number of carbonyl (C=O) groups is 1. The van der Waals surface area contributed by atoms with Crippen molar-refractivity contribution in [2.45, 2.75) is 19.4 Å². The molecule has 0 radical (unpaired) electrons. The van der Waals surface area contributed by atoms with Crippen LogP contribution in [-0.2, 0) is 6.54 Å². The highest BCUT2D eigenvalue weighted by molar-refractivity contribution is 5.95. The van der Waals surface area contributed by atoms with Gasteiger partial charge in [0.05, 0.1) is 32.4 Å². The Morgan fingerprint density at radius 1 is 1.10 bits per heavy atom. The van der Waals surface area contributed by atoms with Crippen molar-refractivity contribution in [2.75, 3.05) is 27.9 Å². The molecule has 0 fully saturated rings. The maximum Gasteiger partial charge on any atom is 0.285 e. The van der Waals surface area contributed by atoms with Gasteiger partial charge in [0.25, 0.3) is 17.2 Å². The Labute approximate surface area is 167 Å². The number of pyridine rings is 1. The van der Waals surface area contributed by atoms with E-state index < -0.39 is 4.92 Å². The van der Waals surface area contributed by atoms with Gasteiger partial charge in [0.2, 0.25) is 5.75 Å². The van der Waals surface area contributed by atoms with E-state index >= 15 is 0 Å². The number of unbranched alkanes of at least 4 members (excludes halogenated alkanes) is 1. The lowest BCUT2D eigenvalue weighted by molar-refractivity contribution is -0.385. The fourth-order valence-corrected chi connectivity index (χ4v) is 2.72. The van der Waals surface area contributed by atoms with E-state index in [1.165, 1.54) is 44.2 Å². The fourth-order valence-electron chi connectivity index (χ4n) is 2.72. The Balaban J connectivity index is 1.92. The van der Waals surface area contributed by atoms with Crippen molar-refractivity contribution in [3.05, 3.63) is 56.5 Å². The minimum absolute atomic E-state index is 0.139. The summed E-state index contributed by atoms with van der Waals surface area (Å²) < 4.78 is 17.0. The van der Waals surface area contributed by atoms with Crippen molar-refractivity contribution in [3.63, 3.8) is 0 Å². The maximum atomic E-state index is 12.4. The van der Waals surface area contributed by atoms with Gasteiger partial charge in [-0.15, -0.1) is 0 Å². The Hall–Kier alpha value is -3.56. The largest absolute Gasteiger partial charge is 0.493 e. The number of nitro groups is 1. The molecule has 1 N–H and O–H groups in total. The van der Waals surface area contributed by atoms with Crippen LogP contribution in [0.3, 0.4) is 0 Å². The van der Waals surface area contributed by atoms with E-state index in [1.54, 1.807) is 12.1 Å². The zero-order valence-corrected chi connectivity index (χ0v) is 16.5. The first-order chi connectivity index (χ1) is 13.9. The zero-order chi connectivity index (χ0) is 21.4. The lowest BCUT2D eigenvalue weighted by Gasteiger charge is -2.14. The van der Waals surface area contributed by atoms with Crippen LogP contribution >= 0.6 is 0 Å². The standard InChI is InChI=1S/C19H23N3O7/c1-27-15-10-13(11-16(28-2)18(15)29-3)19(24)20-8-4-5-9-21-12-14(22(25)26)6-7-17(21)23/h6-7,10-12H,4-5,8-9H2,1-3H3,(H,20,24). The SMILES string of the molecule is COc1cc(C(=O)NCCCCn2cc([N+](=O)[O-])ccc2=O)cc(OC)c1OC. The smallest absolute Gasteiger partial charge is 0.285 e. The van der Waals surface area contributed by atoms with Crippen molar-refractivity contribution in [1.29, 1.82) is 0 Å². The highest BCUT2D eigenvalue weighted by Crippen LogP contribution is 2.38. The van der Waals surface area contributed by atoms with Crippen LogP contribution in [-0.4, -0.2) is 43.3 Å². The summed E-state index contributed by atoms with van der Waals surface area (Å²) in [6.45, 7) is 0.694. The molecule has 0 saturated heterocycles. The van der Waals surface area contributed by atoms with Crippen molar-refractivity contribution in [1.82, 2.24) is 9.88 Å². The third-order valence-corrected chi connectivity index (χ3v) is 4.22. The first-order valence-corrected chi connectivity index (χ1v) is 8.84. The van der Waals surface area contributed by atoms with Crippen molar-refractivity contribution in [3.8, 4) is 17.2 Å². The molecule has 1 amide bonds. The molecule has 0 bridgehead atoms. The number of amides is 1. The molecule has 10 heteroatoms. The Morgan fingerprint density at radius 3 is 2.31 bits per heavy atom. The molecule has 0 aliphatic carbocycles. The molecule has 10 nitrogen and oxygen atoms in total. The van der Waals surface area contributed by atoms with Gasteiger partial charge in [0.15, 0.2) is 11.5 Å². The molecular weight excluding hydrogens is 382 g/mol. The highest BCUT2D eigenvalue weighted by atomic mass is 16.6. The van der Waals surface area contributed by atoms with Gasteiger partial charge in [-0.3, -0.25) is 19.7 Å². The van der Waals surface area contributed by atoms with Gasteiger partial charge in [-0.05, 0) is 25.0 Å². The third kappa shape index (κ3) is 5.47. The summed E-state index contributed by atoms with van der Waals surface area (Å²) in [5.41, 5.74) is -0.0910. The molecule has 156 valence electrons. The summed E-state index contributed by atoms with van der Waals surface area (Å²) in [4.78, 5) is 34.4. The summed E-state index contributed by atoms with van der Waals surface area (Å²) in [5.74, 6) is 0.842. The molecule has 0 atom stereocenters. The zero-order valence-electron chi connectivity index (χ0n) is 16.5. The average molecular weight is 405 g/mol. The maximum absolute atomic E-state index is 12.4. The second-order valence-electron chi connectivity index (χ2n) is 6.05. The second-order valence-corrected chi connectivity index (χ2v) is 6.05. The third-order valence-electron chi connectivity index (χ3n) is 4.22. The predicted molar refractivity (Wildman–Crippen MR) is 105 cm³/mol. The van der Waals surface area contributed by atoms with Crippen molar-refractivity contribution < 1.29 is 23.9 Å². The number of nitrogens with one attached hydrogen (secondary N) is 1. The van der Waals surface area contributed by atoms with Gasteiger partial charge >= 0.3 is 0 Å². The van der Waals surface area contributed by atoms with Crippen molar-refractivity contribution in [2.24, 2.45) is 0 Å². The monoisotopic (exact) mass is 405 g/mol. The van der Waals surface area contributed by atoms with E-state index in [1.807, 2.05) is 0 Å². The topological polar surface area (TPSA) is 122 Å². The van der Waals surface area contributed by atoms with Crippen LogP contribution in [0.1, 0.15) is 23.2 Å².